The van der Waals surface area contributed by atoms with Gasteiger partial charge in [-0.25, -0.2) is 0 Å². The Bertz CT molecular complexity index is 721. The number of piperidine rings is 1. The van der Waals surface area contributed by atoms with E-state index >= 15 is 0 Å². The topological polar surface area (TPSA) is 40.6 Å². The van der Waals surface area contributed by atoms with Crippen LogP contribution in [0.4, 0.5) is 0 Å². The van der Waals surface area contributed by atoms with Gasteiger partial charge in [-0.2, -0.15) is 0 Å². The molecule has 1 aliphatic carbocycles. The normalized spacial score (nSPS) is 26.5. The van der Waals surface area contributed by atoms with Crippen LogP contribution >= 0.6 is 0 Å². The van der Waals surface area contributed by atoms with Gasteiger partial charge in [0.05, 0.1) is 5.41 Å². The Morgan fingerprint density at radius 3 is 2.39 bits per heavy atom. The first-order valence-corrected chi connectivity index (χ1v) is 11.2. The number of amides is 2. The number of likely N-dealkylation sites (tertiary alicyclic amines) is 2. The number of hydrogen-bond acceptors (Lipinski definition) is 2. The standard InChI is InChI=1S/C24H34N2O2/c1-18(2)19-9-11-20(12-10-19)22(27)25-16-14-24(17-25)13-6-15-26(23(24)28)21-7-4-3-5-8-21/h9-12,18,21H,3-8,13-17H2,1-2H3/t24-/m1/s1. The fourth-order valence-electron chi connectivity index (χ4n) is 5.46. The zero-order valence-electron chi connectivity index (χ0n) is 17.5. The van der Waals surface area contributed by atoms with E-state index in [-0.39, 0.29) is 11.3 Å². The molecule has 2 amide bonds. The van der Waals surface area contributed by atoms with Gasteiger partial charge in [0, 0.05) is 31.2 Å². The second-order valence-corrected chi connectivity index (χ2v) is 9.43. The van der Waals surface area contributed by atoms with Crippen LogP contribution < -0.4 is 0 Å². The second kappa shape index (κ2) is 7.88. The van der Waals surface area contributed by atoms with Crippen molar-refractivity contribution >= 4 is 11.8 Å². The van der Waals surface area contributed by atoms with Crippen molar-refractivity contribution in [3.8, 4) is 0 Å². The van der Waals surface area contributed by atoms with Crippen molar-refractivity contribution < 1.29 is 9.59 Å². The molecule has 1 saturated carbocycles. The molecule has 0 aromatic heterocycles. The van der Waals surface area contributed by atoms with Crippen molar-refractivity contribution in [2.45, 2.75) is 77.2 Å². The zero-order chi connectivity index (χ0) is 19.7. The van der Waals surface area contributed by atoms with Crippen LogP contribution in [0.3, 0.4) is 0 Å². The van der Waals surface area contributed by atoms with Gasteiger partial charge in [-0.3, -0.25) is 9.59 Å². The van der Waals surface area contributed by atoms with Crippen molar-refractivity contribution in [2.75, 3.05) is 19.6 Å². The molecule has 4 heteroatoms. The van der Waals surface area contributed by atoms with E-state index in [0.29, 0.717) is 31.0 Å². The predicted molar refractivity (Wildman–Crippen MR) is 111 cm³/mol. The van der Waals surface area contributed by atoms with E-state index in [9.17, 15) is 9.59 Å². The molecule has 1 spiro atoms. The van der Waals surface area contributed by atoms with Gasteiger partial charge in [0.25, 0.3) is 5.91 Å². The number of carbonyl (C=O) groups excluding carboxylic acids is 2. The first kappa shape index (κ1) is 19.5. The summed E-state index contributed by atoms with van der Waals surface area (Å²) < 4.78 is 0. The van der Waals surface area contributed by atoms with Crippen molar-refractivity contribution in [1.82, 2.24) is 9.80 Å². The van der Waals surface area contributed by atoms with Gasteiger partial charge in [-0.05, 0) is 55.7 Å². The third-order valence-corrected chi connectivity index (χ3v) is 7.25. The summed E-state index contributed by atoms with van der Waals surface area (Å²) in [4.78, 5) is 30.6. The smallest absolute Gasteiger partial charge is 0.253 e. The van der Waals surface area contributed by atoms with E-state index < -0.39 is 0 Å². The molecule has 2 aliphatic heterocycles. The summed E-state index contributed by atoms with van der Waals surface area (Å²) in [6.45, 7) is 6.53. The fourth-order valence-corrected chi connectivity index (χ4v) is 5.46. The van der Waals surface area contributed by atoms with Gasteiger partial charge < -0.3 is 9.80 Å². The van der Waals surface area contributed by atoms with Crippen LogP contribution in [0, 0.1) is 5.41 Å². The zero-order valence-corrected chi connectivity index (χ0v) is 17.5. The van der Waals surface area contributed by atoms with Gasteiger partial charge in [0.15, 0.2) is 0 Å². The second-order valence-electron chi connectivity index (χ2n) is 9.43. The molecule has 3 aliphatic rings. The highest BCUT2D eigenvalue weighted by atomic mass is 16.2. The van der Waals surface area contributed by atoms with Crippen molar-refractivity contribution in [2.24, 2.45) is 5.41 Å². The highest BCUT2D eigenvalue weighted by Crippen LogP contribution is 2.42. The number of carbonyl (C=O) groups is 2. The molecule has 4 rings (SSSR count). The Labute approximate surface area is 169 Å². The molecule has 2 heterocycles. The van der Waals surface area contributed by atoms with Crippen LogP contribution in [0.1, 0.15) is 87.1 Å². The minimum Gasteiger partial charge on any atom is -0.339 e. The molecular weight excluding hydrogens is 348 g/mol. The van der Waals surface area contributed by atoms with E-state index in [1.807, 2.05) is 17.0 Å². The molecular formula is C24H34N2O2. The summed E-state index contributed by atoms with van der Waals surface area (Å²) in [6.07, 6.45) is 8.96. The molecule has 3 fully saturated rings. The molecule has 2 saturated heterocycles. The lowest BCUT2D eigenvalue weighted by atomic mass is 9.77. The highest BCUT2D eigenvalue weighted by Gasteiger charge is 2.50. The lowest BCUT2D eigenvalue weighted by Gasteiger charge is -2.44. The summed E-state index contributed by atoms with van der Waals surface area (Å²) in [5.41, 5.74) is 1.66. The Balaban J connectivity index is 1.46. The fraction of sp³-hybridized carbons (Fsp3) is 0.667. The van der Waals surface area contributed by atoms with Crippen molar-refractivity contribution in [3.63, 3.8) is 0 Å². The van der Waals surface area contributed by atoms with E-state index in [1.54, 1.807) is 0 Å². The summed E-state index contributed by atoms with van der Waals surface area (Å²) in [5, 5.41) is 0. The summed E-state index contributed by atoms with van der Waals surface area (Å²) >= 11 is 0. The highest BCUT2D eigenvalue weighted by molar-refractivity contribution is 5.95. The molecule has 28 heavy (non-hydrogen) atoms. The van der Waals surface area contributed by atoms with Gasteiger partial charge in [0.2, 0.25) is 5.91 Å². The molecule has 0 unspecified atom stereocenters. The molecule has 152 valence electrons. The molecule has 1 aromatic carbocycles. The van der Waals surface area contributed by atoms with Gasteiger partial charge >= 0.3 is 0 Å². The van der Waals surface area contributed by atoms with Crippen LogP contribution in [0.15, 0.2) is 24.3 Å². The van der Waals surface area contributed by atoms with Crippen LogP contribution in [-0.2, 0) is 4.79 Å². The lowest BCUT2D eigenvalue weighted by Crippen LogP contribution is -2.54. The first-order chi connectivity index (χ1) is 13.5. The van der Waals surface area contributed by atoms with Gasteiger partial charge in [0.1, 0.15) is 0 Å². The van der Waals surface area contributed by atoms with Crippen LogP contribution in [0.2, 0.25) is 0 Å². The molecule has 1 atom stereocenters. The maximum Gasteiger partial charge on any atom is 0.253 e. The minimum absolute atomic E-state index is 0.0785. The van der Waals surface area contributed by atoms with Crippen molar-refractivity contribution in [1.29, 1.82) is 0 Å². The number of hydrogen-bond donors (Lipinski definition) is 0. The molecule has 4 nitrogen and oxygen atoms in total. The lowest BCUT2D eigenvalue weighted by molar-refractivity contribution is -0.149. The van der Waals surface area contributed by atoms with Gasteiger partial charge in [-0.15, -0.1) is 0 Å². The summed E-state index contributed by atoms with van der Waals surface area (Å²) in [5.74, 6) is 0.871. The maximum absolute atomic E-state index is 13.5. The quantitative estimate of drug-likeness (QED) is 0.767. The van der Waals surface area contributed by atoms with Crippen LogP contribution in [-0.4, -0.2) is 47.3 Å². The largest absolute Gasteiger partial charge is 0.339 e. The van der Waals surface area contributed by atoms with Crippen LogP contribution in [0.5, 0.6) is 0 Å². The Kier molecular flexibility index (Phi) is 5.48. The van der Waals surface area contributed by atoms with E-state index in [4.69, 9.17) is 0 Å². The molecule has 0 bridgehead atoms. The first-order valence-electron chi connectivity index (χ1n) is 11.2. The predicted octanol–water partition coefficient (Wildman–Crippen LogP) is 4.60. The molecule has 0 radical (unpaired) electrons. The molecule has 1 aromatic rings. The number of nitrogens with zero attached hydrogens (tertiary/aromatic N) is 2. The average molecular weight is 383 g/mol. The Morgan fingerprint density at radius 1 is 1.00 bits per heavy atom. The Hall–Kier alpha value is -1.84. The summed E-state index contributed by atoms with van der Waals surface area (Å²) in [7, 11) is 0. The SMILES string of the molecule is CC(C)c1ccc(C(=O)N2CC[C@]3(CCCN(C4CCCCC4)C3=O)C2)cc1. The minimum atomic E-state index is -0.330. The van der Waals surface area contributed by atoms with E-state index in [0.717, 1.165) is 44.2 Å². The number of benzene rings is 1. The van der Waals surface area contributed by atoms with Gasteiger partial charge in [-0.1, -0.05) is 45.2 Å². The Morgan fingerprint density at radius 2 is 1.71 bits per heavy atom. The third kappa shape index (κ3) is 3.58. The number of rotatable bonds is 3. The van der Waals surface area contributed by atoms with E-state index in [1.165, 1.54) is 24.8 Å². The molecule has 0 N–H and O–H groups in total. The van der Waals surface area contributed by atoms with Crippen molar-refractivity contribution in [3.05, 3.63) is 35.4 Å². The average Bonchev–Trinajstić information content (AvgIpc) is 3.15. The van der Waals surface area contributed by atoms with Crippen LogP contribution in [0.25, 0.3) is 0 Å². The maximum atomic E-state index is 13.5. The monoisotopic (exact) mass is 382 g/mol. The third-order valence-electron chi connectivity index (χ3n) is 7.25. The summed E-state index contributed by atoms with van der Waals surface area (Å²) in [6, 6.07) is 8.44. The van der Waals surface area contributed by atoms with E-state index in [2.05, 4.69) is 30.9 Å².